The minimum atomic E-state index is -0.614. The molecule has 0 saturated carbocycles. The highest BCUT2D eigenvalue weighted by Gasteiger charge is 2.26. The van der Waals surface area contributed by atoms with E-state index in [2.05, 4.69) is 20.4 Å². The molecule has 3 N–H and O–H groups in total. The van der Waals surface area contributed by atoms with Crippen LogP contribution in [0.25, 0.3) is 21.8 Å². The zero-order valence-electron chi connectivity index (χ0n) is 36.8. The van der Waals surface area contributed by atoms with Gasteiger partial charge in [-0.05, 0) is 111 Å². The number of aliphatic hydroxyl groups excluding tert-OH is 1. The fourth-order valence-corrected chi connectivity index (χ4v) is 6.06. The Morgan fingerprint density at radius 2 is 1.26 bits per heavy atom. The highest BCUT2D eigenvalue weighted by molar-refractivity contribution is 7.59. The van der Waals surface area contributed by atoms with Crippen LogP contribution >= 0.6 is 13.5 Å². The van der Waals surface area contributed by atoms with Crippen LogP contribution in [-0.4, -0.2) is 99.6 Å². The number of hydrogen-bond donors (Lipinski definition) is 2. The van der Waals surface area contributed by atoms with Gasteiger partial charge in [0.1, 0.15) is 42.0 Å². The van der Waals surface area contributed by atoms with Crippen molar-refractivity contribution in [3.05, 3.63) is 83.7 Å². The van der Waals surface area contributed by atoms with Crippen molar-refractivity contribution in [3.8, 4) is 11.5 Å². The Kier molecular flexibility index (Phi) is 16.5. The first-order valence-electron chi connectivity index (χ1n) is 20.0. The lowest BCUT2D eigenvalue weighted by molar-refractivity contribution is 0.0511. The topological polar surface area (TPSA) is 201 Å². The van der Waals surface area contributed by atoms with E-state index in [1.807, 2.05) is 118 Å². The summed E-state index contributed by atoms with van der Waals surface area (Å²) in [5, 5.41) is 28.9. The number of epoxide rings is 1. The molecule has 0 amide bonds. The van der Waals surface area contributed by atoms with Crippen molar-refractivity contribution in [1.29, 1.82) is 0 Å². The van der Waals surface area contributed by atoms with E-state index in [1.54, 1.807) is 21.5 Å². The first kappa shape index (κ1) is 48.2. The summed E-state index contributed by atoms with van der Waals surface area (Å²) in [4.78, 5) is 24.8. The Morgan fingerprint density at radius 3 is 1.67 bits per heavy atom. The standard InChI is InChI=1S/C22H30N4O4.C16H20N2O4.C5H9N3.H2S/c1-15-20-18(26(23-15)21(28)30-22(2,3)4)10-7-11-19(20)29-14-17(27)9-6-8-16-12-13-25(5)24-16;1-10-14-12(18(17-10)15(19)22-16(2,3)4)6-5-7-13(14)21-9-11-8-20-11;1-8-3-2-5(4-6)7-8;/h7,10-13,17,27H,6,8-9,14H2,1-5H3;5-7,11H,8-9H2,1-4H3;2-3H,4,6H2,1H3;1H2/t17-;11-;;/m00../s1. The number of nitrogens with zero attached hydrogens (tertiary/aromatic N) is 8. The van der Waals surface area contributed by atoms with E-state index in [4.69, 9.17) is 29.4 Å². The molecule has 0 spiro atoms. The van der Waals surface area contributed by atoms with Gasteiger partial charge in [-0.15, -0.1) is 0 Å². The summed E-state index contributed by atoms with van der Waals surface area (Å²) in [5.41, 5.74) is 8.75. The van der Waals surface area contributed by atoms with Crippen LogP contribution in [0.5, 0.6) is 11.5 Å². The number of carbonyl (C=O) groups is 2. The Balaban J connectivity index is 0.000000230. The Labute approximate surface area is 363 Å². The quantitative estimate of drug-likeness (QED) is 0.134. The van der Waals surface area contributed by atoms with Gasteiger partial charge in [-0.3, -0.25) is 9.36 Å². The maximum absolute atomic E-state index is 12.5. The Morgan fingerprint density at radius 1 is 0.787 bits per heavy atom. The molecule has 2 aromatic carbocycles. The lowest BCUT2D eigenvalue weighted by atomic mass is 10.1. The number of rotatable bonds is 11. The van der Waals surface area contributed by atoms with Crippen LogP contribution in [0.2, 0.25) is 0 Å². The second-order valence-electron chi connectivity index (χ2n) is 16.5. The van der Waals surface area contributed by atoms with E-state index in [-0.39, 0.29) is 26.2 Å². The summed E-state index contributed by atoms with van der Waals surface area (Å²) < 4.78 is 33.7. The molecule has 18 heteroatoms. The second-order valence-corrected chi connectivity index (χ2v) is 16.5. The van der Waals surface area contributed by atoms with Crippen LogP contribution in [0.3, 0.4) is 0 Å². The lowest BCUT2D eigenvalue weighted by Crippen LogP contribution is -2.27. The average molecular weight is 864 g/mol. The smallest absolute Gasteiger partial charge is 0.435 e. The number of fused-ring (bicyclic) bond motifs is 2. The van der Waals surface area contributed by atoms with Crippen molar-refractivity contribution >= 4 is 47.5 Å². The monoisotopic (exact) mass is 863 g/mol. The molecule has 2 atom stereocenters. The van der Waals surface area contributed by atoms with Crippen molar-refractivity contribution < 1.29 is 38.4 Å². The zero-order chi connectivity index (χ0) is 43.8. The van der Waals surface area contributed by atoms with Gasteiger partial charge in [0.25, 0.3) is 0 Å². The van der Waals surface area contributed by atoms with Crippen LogP contribution in [0.1, 0.15) is 77.2 Å². The van der Waals surface area contributed by atoms with Gasteiger partial charge in [0, 0.05) is 33.0 Å². The highest BCUT2D eigenvalue weighted by atomic mass is 32.1. The predicted octanol–water partition coefficient (Wildman–Crippen LogP) is 6.52. The molecule has 1 saturated heterocycles. The van der Waals surface area contributed by atoms with Crippen LogP contribution in [0.4, 0.5) is 9.59 Å². The average Bonchev–Trinajstić information content (AvgIpc) is 3.40. The first-order chi connectivity index (χ1) is 28.3. The number of ether oxygens (including phenoxy) is 5. The third kappa shape index (κ3) is 14.1. The normalized spacial score (nSPS) is 13.9. The molecule has 332 valence electrons. The molecule has 1 aliphatic heterocycles. The zero-order valence-corrected chi connectivity index (χ0v) is 37.8. The van der Waals surface area contributed by atoms with Crippen LogP contribution in [0, 0.1) is 13.8 Å². The number of aliphatic hydroxyl groups is 1. The first-order valence-corrected chi connectivity index (χ1v) is 20.0. The van der Waals surface area contributed by atoms with Gasteiger partial charge in [-0.25, -0.2) is 9.59 Å². The molecule has 7 rings (SSSR count). The van der Waals surface area contributed by atoms with Gasteiger partial charge in [0.15, 0.2) is 0 Å². The Hall–Kier alpha value is -5.43. The van der Waals surface area contributed by atoms with Gasteiger partial charge in [-0.1, -0.05) is 12.1 Å². The summed E-state index contributed by atoms with van der Waals surface area (Å²) in [6.45, 7) is 16.5. The molecule has 1 fully saturated rings. The molecular formula is C43H61N9O8S. The molecule has 17 nitrogen and oxygen atoms in total. The van der Waals surface area contributed by atoms with E-state index in [0.29, 0.717) is 47.8 Å². The van der Waals surface area contributed by atoms with Crippen molar-refractivity contribution in [3.63, 3.8) is 0 Å². The fraction of sp³-hybridized carbons (Fsp3) is 0.488. The minimum absolute atomic E-state index is 0. The van der Waals surface area contributed by atoms with E-state index in [1.165, 1.54) is 9.36 Å². The fourth-order valence-electron chi connectivity index (χ4n) is 6.06. The van der Waals surface area contributed by atoms with Gasteiger partial charge < -0.3 is 34.5 Å². The molecule has 61 heavy (non-hydrogen) atoms. The van der Waals surface area contributed by atoms with Crippen molar-refractivity contribution in [2.24, 2.45) is 19.8 Å². The van der Waals surface area contributed by atoms with Gasteiger partial charge in [0.2, 0.25) is 0 Å². The Bertz CT molecular complexity index is 2370. The molecule has 0 unspecified atom stereocenters. The number of nitrogens with two attached hydrogens (primary N) is 1. The van der Waals surface area contributed by atoms with E-state index in [0.717, 1.165) is 47.3 Å². The van der Waals surface area contributed by atoms with Crippen molar-refractivity contribution in [2.45, 2.75) is 105 Å². The SMILES string of the molecule is Cc1nn(C(=O)OC(C)(C)C)c2cccc(OC[C@@H](O)CCCc3ccn(C)n3)c12.Cc1nn(C(=O)OC(C)(C)C)c2cccc(OC[C@@H]3CO3)c12.Cn1ccc(CN)n1.S. The van der Waals surface area contributed by atoms with Gasteiger partial charge in [-0.2, -0.15) is 43.3 Å². The third-order valence-electron chi connectivity index (χ3n) is 8.80. The molecule has 6 aromatic rings. The molecule has 5 heterocycles. The molecule has 0 radical (unpaired) electrons. The maximum atomic E-state index is 12.5. The lowest BCUT2D eigenvalue weighted by Gasteiger charge is -2.19. The minimum Gasteiger partial charge on any atom is -0.490 e. The molecule has 4 aromatic heterocycles. The van der Waals surface area contributed by atoms with Crippen LogP contribution in [0.15, 0.2) is 60.9 Å². The van der Waals surface area contributed by atoms with Crippen LogP contribution in [-0.2, 0) is 41.3 Å². The molecule has 0 bridgehead atoms. The molecule has 0 aliphatic carbocycles. The van der Waals surface area contributed by atoms with Crippen LogP contribution < -0.4 is 15.2 Å². The number of hydrogen-bond acceptors (Lipinski definition) is 13. The van der Waals surface area contributed by atoms with Crippen molar-refractivity contribution in [1.82, 2.24) is 39.1 Å². The number of aryl methyl sites for hydroxylation is 5. The number of benzene rings is 2. The maximum Gasteiger partial charge on any atom is 0.435 e. The van der Waals surface area contributed by atoms with Gasteiger partial charge in [0.05, 0.1) is 57.3 Å². The summed E-state index contributed by atoms with van der Waals surface area (Å²) in [5.74, 6) is 1.30. The largest absolute Gasteiger partial charge is 0.490 e. The summed E-state index contributed by atoms with van der Waals surface area (Å²) in [6.07, 6.45) is 4.60. The highest BCUT2D eigenvalue weighted by Crippen LogP contribution is 2.31. The summed E-state index contributed by atoms with van der Waals surface area (Å²) in [6, 6.07) is 14.8. The predicted molar refractivity (Wildman–Crippen MR) is 237 cm³/mol. The summed E-state index contributed by atoms with van der Waals surface area (Å²) >= 11 is 0. The number of aromatic nitrogens is 8. The summed E-state index contributed by atoms with van der Waals surface area (Å²) in [7, 11) is 3.76. The molecule has 1 aliphatic rings. The van der Waals surface area contributed by atoms with Crippen molar-refractivity contribution in [2.75, 3.05) is 19.8 Å². The third-order valence-corrected chi connectivity index (χ3v) is 8.80. The second kappa shape index (κ2) is 20.9. The van der Waals surface area contributed by atoms with E-state index >= 15 is 0 Å². The van der Waals surface area contributed by atoms with E-state index < -0.39 is 29.5 Å². The van der Waals surface area contributed by atoms with Gasteiger partial charge >= 0.3 is 12.2 Å². The van der Waals surface area contributed by atoms with E-state index in [9.17, 15) is 14.7 Å². The number of carbonyl (C=O) groups excluding carboxylic acids is 2. The molecular weight excluding hydrogens is 803 g/mol.